The van der Waals surface area contributed by atoms with Crippen LogP contribution < -0.4 is 5.32 Å². The fourth-order valence-corrected chi connectivity index (χ4v) is 2.30. The van der Waals surface area contributed by atoms with Crippen molar-refractivity contribution in [3.63, 3.8) is 0 Å². The molecule has 1 aliphatic rings. The summed E-state index contributed by atoms with van der Waals surface area (Å²) in [5.74, 6) is -1.13. The summed E-state index contributed by atoms with van der Waals surface area (Å²) in [7, 11) is 0. The van der Waals surface area contributed by atoms with Crippen molar-refractivity contribution >= 4 is 5.78 Å². The second-order valence-corrected chi connectivity index (χ2v) is 4.52. The molecule has 0 spiro atoms. The number of nitrogens with one attached hydrogen (secondary N) is 1. The Morgan fingerprint density at radius 2 is 2.24 bits per heavy atom. The van der Waals surface area contributed by atoms with Gasteiger partial charge in [-0.15, -0.1) is 0 Å². The van der Waals surface area contributed by atoms with Gasteiger partial charge < -0.3 is 5.32 Å². The summed E-state index contributed by atoms with van der Waals surface area (Å²) < 4.78 is 26.3. The molecule has 1 aliphatic heterocycles. The predicted molar refractivity (Wildman–Crippen MR) is 60.6 cm³/mol. The molecule has 1 N–H and O–H groups in total. The quantitative estimate of drug-likeness (QED) is 0.875. The largest absolute Gasteiger partial charge is 0.314 e. The van der Waals surface area contributed by atoms with E-state index in [-0.39, 0.29) is 29.7 Å². The number of ketones is 1. The van der Waals surface area contributed by atoms with Crippen LogP contribution in [0.5, 0.6) is 0 Å². The fraction of sp³-hybridized carbons (Fsp3) is 0.462. The van der Waals surface area contributed by atoms with E-state index in [0.717, 1.165) is 31.2 Å². The van der Waals surface area contributed by atoms with Gasteiger partial charge in [0.05, 0.1) is 0 Å². The molecule has 1 aromatic carbocycles. The van der Waals surface area contributed by atoms with E-state index >= 15 is 0 Å². The lowest BCUT2D eigenvalue weighted by atomic mass is 9.92. The summed E-state index contributed by atoms with van der Waals surface area (Å²) in [5, 5.41) is 3.17. The van der Waals surface area contributed by atoms with Crippen molar-refractivity contribution in [2.75, 3.05) is 6.54 Å². The molecule has 17 heavy (non-hydrogen) atoms. The second-order valence-electron chi connectivity index (χ2n) is 4.52. The number of carbonyl (C=O) groups is 1. The van der Waals surface area contributed by atoms with Crippen LogP contribution in [-0.4, -0.2) is 18.4 Å². The van der Waals surface area contributed by atoms with Crippen LogP contribution in [0.2, 0.25) is 0 Å². The lowest BCUT2D eigenvalue weighted by Crippen LogP contribution is -2.29. The number of Topliss-reactive ketones (excluding diaryl/α,β-unsaturated/α-hetero) is 1. The van der Waals surface area contributed by atoms with Gasteiger partial charge in [-0.05, 0) is 43.7 Å². The van der Waals surface area contributed by atoms with Crippen LogP contribution in [-0.2, 0) is 11.2 Å². The predicted octanol–water partition coefficient (Wildman–Crippen LogP) is 2.07. The van der Waals surface area contributed by atoms with Gasteiger partial charge in [0.1, 0.15) is 17.4 Å². The topological polar surface area (TPSA) is 29.1 Å². The van der Waals surface area contributed by atoms with Gasteiger partial charge in [-0.1, -0.05) is 0 Å². The first-order valence-corrected chi connectivity index (χ1v) is 5.78. The molecule has 0 saturated carbocycles. The maximum atomic E-state index is 13.4. The zero-order valence-electron chi connectivity index (χ0n) is 9.67. The number of carbonyl (C=O) groups excluding carboxylic acids is 1. The van der Waals surface area contributed by atoms with Gasteiger partial charge in [0.15, 0.2) is 0 Å². The SMILES string of the molecule is CC1NCCC1C(=O)Cc1cc(F)ccc1F. The van der Waals surface area contributed by atoms with Crippen molar-refractivity contribution in [1.29, 1.82) is 0 Å². The molecule has 1 aromatic rings. The van der Waals surface area contributed by atoms with Crippen molar-refractivity contribution in [1.82, 2.24) is 5.32 Å². The summed E-state index contributed by atoms with van der Waals surface area (Å²) in [6.07, 6.45) is 0.747. The first kappa shape index (κ1) is 12.2. The molecule has 0 radical (unpaired) electrons. The van der Waals surface area contributed by atoms with Crippen LogP contribution in [0.15, 0.2) is 18.2 Å². The van der Waals surface area contributed by atoms with Crippen LogP contribution in [0.1, 0.15) is 18.9 Å². The Morgan fingerprint density at radius 1 is 1.47 bits per heavy atom. The highest BCUT2D eigenvalue weighted by Crippen LogP contribution is 2.20. The van der Waals surface area contributed by atoms with Gasteiger partial charge in [-0.3, -0.25) is 4.79 Å². The Morgan fingerprint density at radius 3 is 2.88 bits per heavy atom. The van der Waals surface area contributed by atoms with Gasteiger partial charge in [0, 0.05) is 18.4 Å². The molecule has 0 aromatic heterocycles. The number of rotatable bonds is 3. The number of hydrogen-bond donors (Lipinski definition) is 1. The highest BCUT2D eigenvalue weighted by molar-refractivity contribution is 5.84. The minimum absolute atomic E-state index is 0.0213. The number of halogens is 2. The van der Waals surface area contributed by atoms with Crippen LogP contribution in [0.25, 0.3) is 0 Å². The zero-order valence-corrected chi connectivity index (χ0v) is 9.67. The van der Waals surface area contributed by atoms with Crippen LogP contribution in [0.4, 0.5) is 8.78 Å². The molecule has 4 heteroatoms. The maximum absolute atomic E-state index is 13.4. The molecular weight excluding hydrogens is 224 g/mol. The highest BCUT2D eigenvalue weighted by atomic mass is 19.1. The van der Waals surface area contributed by atoms with Gasteiger partial charge in [0.25, 0.3) is 0 Å². The number of benzene rings is 1. The first-order chi connectivity index (χ1) is 8.08. The summed E-state index contributed by atoms with van der Waals surface area (Å²) in [6, 6.07) is 3.34. The van der Waals surface area contributed by atoms with E-state index < -0.39 is 11.6 Å². The Bertz CT molecular complexity index is 433. The van der Waals surface area contributed by atoms with Gasteiger partial charge in [-0.25, -0.2) is 8.78 Å². The van der Waals surface area contributed by atoms with Gasteiger partial charge >= 0.3 is 0 Å². The van der Waals surface area contributed by atoms with E-state index in [2.05, 4.69) is 5.32 Å². The Labute approximate surface area is 99.0 Å². The molecule has 0 amide bonds. The number of hydrogen-bond acceptors (Lipinski definition) is 2. The first-order valence-electron chi connectivity index (χ1n) is 5.78. The molecule has 1 fully saturated rings. The highest BCUT2D eigenvalue weighted by Gasteiger charge is 2.29. The van der Waals surface area contributed by atoms with Gasteiger partial charge in [0.2, 0.25) is 0 Å². The molecule has 2 atom stereocenters. The van der Waals surface area contributed by atoms with E-state index in [1.54, 1.807) is 0 Å². The molecule has 92 valence electrons. The normalized spacial score (nSPS) is 23.9. The monoisotopic (exact) mass is 239 g/mol. The third-order valence-electron chi connectivity index (χ3n) is 3.31. The van der Waals surface area contributed by atoms with E-state index in [4.69, 9.17) is 0 Å². The Kier molecular flexibility index (Phi) is 3.52. The Hall–Kier alpha value is -1.29. The molecule has 1 heterocycles. The molecule has 0 bridgehead atoms. The minimum atomic E-state index is -0.515. The van der Waals surface area contributed by atoms with E-state index in [1.165, 1.54) is 0 Å². The Balaban J connectivity index is 2.10. The van der Waals surface area contributed by atoms with E-state index in [1.807, 2.05) is 6.92 Å². The molecule has 0 aliphatic carbocycles. The average Bonchev–Trinajstić information content (AvgIpc) is 2.70. The molecule has 2 unspecified atom stereocenters. The lowest BCUT2D eigenvalue weighted by molar-refractivity contribution is -0.122. The van der Waals surface area contributed by atoms with Crippen LogP contribution in [0.3, 0.4) is 0 Å². The minimum Gasteiger partial charge on any atom is -0.314 e. The smallest absolute Gasteiger partial charge is 0.142 e. The molecule has 1 saturated heterocycles. The van der Waals surface area contributed by atoms with Crippen molar-refractivity contribution < 1.29 is 13.6 Å². The summed E-state index contributed by atoms with van der Waals surface area (Å²) in [6.45, 7) is 2.75. The maximum Gasteiger partial charge on any atom is 0.142 e. The van der Waals surface area contributed by atoms with Crippen molar-refractivity contribution in [2.24, 2.45) is 5.92 Å². The molecule has 2 rings (SSSR count). The molecular formula is C13H15F2NO. The zero-order chi connectivity index (χ0) is 12.4. The van der Waals surface area contributed by atoms with Crippen molar-refractivity contribution in [3.05, 3.63) is 35.4 Å². The lowest BCUT2D eigenvalue weighted by Gasteiger charge is -2.13. The van der Waals surface area contributed by atoms with Crippen LogP contribution >= 0.6 is 0 Å². The fourth-order valence-electron chi connectivity index (χ4n) is 2.30. The summed E-state index contributed by atoms with van der Waals surface area (Å²) in [5.41, 5.74) is 0.147. The second kappa shape index (κ2) is 4.92. The summed E-state index contributed by atoms with van der Waals surface area (Å²) in [4.78, 5) is 12.0. The summed E-state index contributed by atoms with van der Waals surface area (Å²) >= 11 is 0. The van der Waals surface area contributed by atoms with E-state index in [0.29, 0.717) is 0 Å². The third kappa shape index (κ3) is 2.69. The van der Waals surface area contributed by atoms with Crippen LogP contribution in [0, 0.1) is 17.6 Å². The van der Waals surface area contributed by atoms with E-state index in [9.17, 15) is 13.6 Å². The average molecular weight is 239 g/mol. The van der Waals surface area contributed by atoms with Crippen molar-refractivity contribution in [2.45, 2.75) is 25.8 Å². The van der Waals surface area contributed by atoms with Gasteiger partial charge in [-0.2, -0.15) is 0 Å². The standard InChI is InChI=1S/C13H15F2NO/c1-8-11(4-5-16-8)13(17)7-9-6-10(14)2-3-12(9)15/h2-3,6,8,11,16H,4-5,7H2,1H3. The third-order valence-corrected chi connectivity index (χ3v) is 3.31. The van der Waals surface area contributed by atoms with Crippen molar-refractivity contribution in [3.8, 4) is 0 Å². The molecule has 2 nitrogen and oxygen atoms in total.